The Morgan fingerprint density at radius 2 is 2.00 bits per heavy atom. The number of carbonyl (C=O) groups excluding carboxylic acids is 1. The van der Waals surface area contributed by atoms with Crippen LogP contribution >= 0.6 is 0 Å². The Bertz CT molecular complexity index is 848. The molecular formula is C19H18N4O2. The maximum Gasteiger partial charge on any atom is 0.273 e. The van der Waals surface area contributed by atoms with Crippen LogP contribution in [0.25, 0.3) is 11.3 Å². The molecule has 1 N–H and O–H groups in total. The van der Waals surface area contributed by atoms with E-state index >= 15 is 0 Å². The van der Waals surface area contributed by atoms with Gasteiger partial charge in [0.15, 0.2) is 11.5 Å². The molecule has 1 aliphatic rings. The molecule has 3 aromatic rings. The van der Waals surface area contributed by atoms with Crippen molar-refractivity contribution in [2.24, 2.45) is 0 Å². The van der Waals surface area contributed by atoms with Crippen LogP contribution < -0.4 is 10.2 Å². The van der Waals surface area contributed by atoms with Crippen LogP contribution in [0, 0.1) is 0 Å². The van der Waals surface area contributed by atoms with E-state index < -0.39 is 0 Å². The molecule has 0 radical (unpaired) electrons. The molecule has 3 heterocycles. The third-order valence-corrected chi connectivity index (χ3v) is 4.30. The van der Waals surface area contributed by atoms with Gasteiger partial charge in [-0.25, -0.2) is 4.98 Å². The van der Waals surface area contributed by atoms with Crippen LogP contribution in [0.2, 0.25) is 0 Å². The highest BCUT2D eigenvalue weighted by Gasteiger charge is 2.26. The fourth-order valence-electron chi connectivity index (χ4n) is 3.01. The normalized spacial score (nSPS) is 16.8. The largest absolute Gasteiger partial charge is 0.355 e. The average molecular weight is 334 g/mol. The summed E-state index contributed by atoms with van der Waals surface area (Å²) in [4.78, 5) is 18.9. The smallest absolute Gasteiger partial charge is 0.273 e. The van der Waals surface area contributed by atoms with Gasteiger partial charge in [-0.1, -0.05) is 41.6 Å². The lowest BCUT2D eigenvalue weighted by molar-refractivity contribution is 0.0931. The Balaban J connectivity index is 1.39. The standard InChI is InChI=1S/C19H18N4O2/c24-19(16-12-17(25-22-16)14-6-2-1-3-7-14)21-15-9-11-23(13-15)18-8-4-5-10-20-18/h1-8,10,12,15H,9,11,13H2,(H,21,24)/t15-/m0/s1. The first-order valence-electron chi connectivity index (χ1n) is 8.28. The third-order valence-electron chi connectivity index (χ3n) is 4.30. The third kappa shape index (κ3) is 3.38. The van der Waals surface area contributed by atoms with Crippen molar-refractivity contribution in [3.8, 4) is 11.3 Å². The maximum atomic E-state index is 12.4. The molecule has 0 unspecified atom stereocenters. The Hall–Kier alpha value is -3.15. The van der Waals surface area contributed by atoms with Crippen LogP contribution in [-0.4, -0.2) is 35.2 Å². The van der Waals surface area contributed by atoms with Crippen molar-refractivity contribution in [3.05, 3.63) is 66.5 Å². The molecule has 6 nitrogen and oxygen atoms in total. The molecule has 25 heavy (non-hydrogen) atoms. The molecule has 0 spiro atoms. The minimum Gasteiger partial charge on any atom is -0.355 e. The number of pyridine rings is 1. The molecule has 0 aliphatic carbocycles. The Labute approximate surface area is 145 Å². The quantitative estimate of drug-likeness (QED) is 0.794. The fraction of sp³-hybridized carbons (Fsp3) is 0.211. The fourth-order valence-corrected chi connectivity index (χ4v) is 3.01. The number of hydrogen-bond acceptors (Lipinski definition) is 5. The molecule has 1 atom stereocenters. The second-order valence-corrected chi connectivity index (χ2v) is 6.04. The number of rotatable bonds is 4. The van der Waals surface area contributed by atoms with E-state index in [-0.39, 0.29) is 11.9 Å². The number of hydrogen-bond donors (Lipinski definition) is 1. The van der Waals surface area contributed by atoms with Crippen LogP contribution in [0.1, 0.15) is 16.9 Å². The van der Waals surface area contributed by atoms with Gasteiger partial charge in [-0.2, -0.15) is 0 Å². The van der Waals surface area contributed by atoms with Gasteiger partial charge in [-0.3, -0.25) is 4.79 Å². The molecule has 1 amide bonds. The zero-order valence-electron chi connectivity index (χ0n) is 13.6. The molecule has 1 saturated heterocycles. The summed E-state index contributed by atoms with van der Waals surface area (Å²) in [5.74, 6) is 1.32. The van der Waals surface area contributed by atoms with Gasteiger partial charge in [0, 0.05) is 37.0 Å². The Morgan fingerprint density at radius 3 is 2.80 bits per heavy atom. The first-order chi connectivity index (χ1) is 12.3. The average Bonchev–Trinajstić information content (AvgIpc) is 3.33. The van der Waals surface area contributed by atoms with Crippen LogP contribution in [0.3, 0.4) is 0 Å². The molecule has 1 aliphatic heterocycles. The number of nitrogens with one attached hydrogen (secondary N) is 1. The van der Waals surface area contributed by atoms with Crippen molar-refractivity contribution >= 4 is 11.7 Å². The van der Waals surface area contributed by atoms with Crippen LogP contribution in [0.5, 0.6) is 0 Å². The van der Waals surface area contributed by atoms with E-state index in [0.29, 0.717) is 11.5 Å². The van der Waals surface area contributed by atoms with E-state index in [9.17, 15) is 4.79 Å². The van der Waals surface area contributed by atoms with E-state index in [1.807, 2.05) is 48.5 Å². The van der Waals surface area contributed by atoms with Crippen LogP contribution in [0.4, 0.5) is 5.82 Å². The van der Waals surface area contributed by atoms with E-state index in [4.69, 9.17) is 4.52 Å². The van der Waals surface area contributed by atoms with Crippen molar-refractivity contribution in [1.82, 2.24) is 15.5 Å². The number of anilines is 1. The summed E-state index contributed by atoms with van der Waals surface area (Å²) in [5.41, 5.74) is 1.20. The highest BCUT2D eigenvalue weighted by molar-refractivity contribution is 5.93. The van der Waals surface area contributed by atoms with Gasteiger partial charge in [-0.15, -0.1) is 0 Å². The molecule has 4 rings (SSSR count). The van der Waals surface area contributed by atoms with E-state index in [0.717, 1.165) is 30.9 Å². The molecule has 1 aromatic carbocycles. The lowest BCUT2D eigenvalue weighted by Gasteiger charge is -2.17. The van der Waals surface area contributed by atoms with E-state index in [1.165, 1.54) is 0 Å². The summed E-state index contributed by atoms with van der Waals surface area (Å²) in [5, 5.41) is 6.93. The zero-order valence-corrected chi connectivity index (χ0v) is 13.6. The number of amides is 1. The molecule has 1 fully saturated rings. The molecule has 0 bridgehead atoms. The highest BCUT2D eigenvalue weighted by Crippen LogP contribution is 2.21. The van der Waals surface area contributed by atoms with Crippen molar-refractivity contribution in [2.45, 2.75) is 12.5 Å². The topological polar surface area (TPSA) is 71.3 Å². The van der Waals surface area contributed by atoms with Crippen molar-refractivity contribution in [3.63, 3.8) is 0 Å². The summed E-state index contributed by atoms with van der Waals surface area (Å²) in [6.45, 7) is 1.61. The predicted molar refractivity (Wildman–Crippen MR) is 94.3 cm³/mol. The molecule has 2 aromatic heterocycles. The zero-order chi connectivity index (χ0) is 17.1. The van der Waals surface area contributed by atoms with Crippen molar-refractivity contribution < 1.29 is 9.32 Å². The minimum absolute atomic E-state index is 0.0754. The summed E-state index contributed by atoms with van der Waals surface area (Å²) >= 11 is 0. The van der Waals surface area contributed by atoms with Gasteiger partial charge in [0.1, 0.15) is 5.82 Å². The maximum absolute atomic E-state index is 12.4. The van der Waals surface area contributed by atoms with Gasteiger partial charge < -0.3 is 14.7 Å². The van der Waals surface area contributed by atoms with Gasteiger partial charge in [0.05, 0.1) is 0 Å². The highest BCUT2D eigenvalue weighted by atomic mass is 16.5. The number of nitrogens with zero attached hydrogens (tertiary/aromatic N) is 3. The summed E-state index contributed by atoms with van der Waals surface area (Å²) in [7, 11) is 0. The van der Waals surface area contributed by atoms with Gasteiger partial charge >= 0.3 is 0 Å². The number of aromatic nitrogens is 2. The number of carbonyl (C=O) groups is 1. The van der Waals surface area contributed by atoms with Crippen molar-refractivity contribution in [2.75, 3.05) is 18.0 Å². The molecule has 126 valence electrons. The van der Waals surface area contributed by atoms with Gasteiger partial charge in [0.2, 0.25) is 0 Å². The summed E-state index contributed by atoms with van der Waals surface area (Å²) in [6, 6.07) is 17.2. The Morgan fingerprint density at radius 1 is 1.16 bits per heavy atom. The first-order valence-corrected chi connectivity index (χ1v) is 8.28. The van der Waals surface area contributed by atoms with E-state index in [1.54, 1.807) is 12.3 Å². The monoisotopic (exact) mass is 334 g/mol. The lowest BCUT2D eigenvalue weighted by Crippen LogP contribution is -2.37. The minimum atomic E-state index is -0.209. The Kier molecular flexibility index (Phi) is 4.16. The van der Waals surface area contributed by atoms with Crippen LogP contribution in [0.15, 0.2) is 65.3 Å². The summed E-state index contributed by atoms with van der Waals surface area (Å²) in [6.07, 6.45) is 2.66. The second-order valence-electron chi connectivity index (χ2n) is 6.04. The van der Waals surface area contributed by atoms with Gasteiger partial charge in [0.25, 0.3) is 5.91 Å². The molecule has 0 saturated carbocycles. The lowest BCUT2D eigenvalue weighted by atomic mass is 10.1. The number of benzene rings is 1. The first kappa shape index (κ1) is 15.4. The molecule has 6 heteroatoms. The second kappa shape index (κ2) is 6.76. The van der Waals surface area contributed by atoms with E-state index in [2.05, 4.69) is 20.4 Å². The molecular weight excluding hydrogens is 316 g/mol. The SMILES string of the molecule is O=C(N[C@H]1CCN(c2ccccn2)C1)c1cc(-c2ccccc2)on1. The van der Waals surface area contributed by atoms with Gasteiger partial charge in [-0.05, 0) is 18.6 Å². The van der Waals surface area contributed by atoms with Crippen molar-refractivity contribution in [1.29, 1.82) is 0 Å². The summed E-state index contributed by atoms with van der Waals surface area (Å²) < 4.78 is 5.30. The predicted octanol–water partition coefficient (Wildman–Crippen LogP) is 2.75. The van der Waals surface area contributed by atoms with Crippen LogP contribution in [-0.2, 0) is 0 Å².